The van der Waals surface area contributed by atoms with E-state index in [1.165, 1.54) is 17.2 Å². The lowest BCUT2D eigenvalue weighted by Gasteiger charge is -2.35. The predicted molar refractivity (Wildman–Crippen MR) is 135 cm³/mol. The summed E-state index contributed by atoms with van der Waals surface area (Å²) >= 11 is 0. The first kappa shape index (κ1) is 26.6. The Hall–Kier alpha value is -2.96. The van der Waals surface area contributed by atoms with E-state index in [0.717, 1.165) is 25.5 Å². The fourth-order valence-corrected chi connectivity index (χ4v) is 5.43. The van der Waals surface area contributed by atoms with Gasteiger partial charge in [-0.15, -0.1) is 0 Å². The molecule has 0 atom stereocenters. The molecule has 1 amide bonds. The van der Waals surface area contributed by atoms with E-state index in [1.807, 2.05) is 0 Å². The molecule has 2 aliphatic heterocycles. The number of halogens is 3. The van der Waals surface area contributed by atoms with Gasteiger partial charge in [0.1, 0.15) is 0 Å². The Morgan fingerprint density at radius 1 is 1.13 bits per heavy atom. The summed E-state index contributed by atoms with van der Waals surface area (Å²) in [6.45, 7) is 4.51. The summed E-state index contributed by atoms with van der Waals surface area (Å²) in [7, 11) is 1.66. The Bertz CT molecular complexity index is 1350. The summed E-state index contributed by atoms with van der Waals surface area (Å²) in [6.07, 6.45) is -0.0912. The third kappa shape index (κ3) is 5.29. The van der Waals surface area contributed by atoms with Crippen molar-refractivity contribution in [2.24, 2.45) is 0 Å². The lowest BCUT2D eigenvalue weighted by Crippen LogP contribution is -2.49. The van der Waals surface area contributed by atoms with Crippen molar-refractivity contribution in [3.63, 3.8) is 0 Å². The molecule has 2 aromatic heterocycles. The van der Waals surface area contributed by atoms with Crippen LogP contribution in [0.25, 0.3) is 21.8 Å². The van der Waals surface area contributed by atoms with Gasteiger partial charge in [-0.05, 0) is 44.4 Å². The van der Waals surface area contributed by atoms with Crippen molar-refractivity contribution in [1.82, 2.24) is 24.6 Å². The molecular formula is C26H32F3N5O4. The zero-order valence-corrected chi connectivity index (χ0v) is 21.4. The van der Waals surface area contributed by atoms with Gasteiger partial charge in [0.15, 0.2) is 0 Å². The van der Waals surface area contributed by atoms with Crippen LogP contribution in [0.5, 0.6) is 0 Å². The molecule has 0 spiro atoms. The van der Waals surface area contributed by atoms with Crippen molar-refractivity contribution in [3.05, 3.63) is 39.8 Å². The van der Waals surface area contributed by atoms with Crippen LogP contribution in [0.15, 0.2) is 23.1 Å². The average Bonchev–Trinajstić information content (AvgIpc) is 3.37. The lowest BCUT2D eigenvalue weighted by atomic mass is 10.00. The van der Waals surface area contributed by atoms with Crippen LogP contribution in [-0.4, -0.2) is 90.1 Å². The van der Waals surface area contributed by atoms with Crippen LogP contribution in [0.2, 0.25) is 0 Å². The van der Waals surface area contributed by atoms with E-state index in [2.05, 4.69) is 15.0 Å². The number of nitrogens with zero attached hydrogens (tertiary/aromatic N) is 4. The van der Waals surface area contributed by atoms with Gasteiger partial charge in [0.2, 0.25) is 0 Å². The van der Waals surface area contributed by atoms with Gasteiger partial charge in [-0.25, -0.2) is 0 Å². The molecular weight excluding hydrogens is 503 g/mol. The molecule has 0 unspecified atom stereocenters. The van der Waals surface area contributed by atoms with Gasteiger partial charge < -0.3 is 19.4 Å². The maximum Gasteiger partial charge on any atom is 0.417 e. The zero-order valence-electron chi connectivity index (χ0n) is 21.4. The Balaban J connectivity index is 1.51. The lowest BCUT2D eigenvalue weighted by molar-refractivity contribution is -0.137. The van der Waals surface area contributed by atoms with Crippen LogP contribution in [0.3, 0.4) is 0 Å². The highest BCUT2D eigenvalue weighted by Crippen LogP contribution is 2.37. The smallest absolute Gasteiger partial charge is 0.385 e. The number of hydrogen-bond acceptors (Lipinski definition) is 6. The summed E-state index contributed by atoms with van der Waals surface area (Å²) in [4.78, 5) is 32.5. The molecule has 2 aliphatic rings. The molecule has 5 rings (SSSR count). The number of piperazine rings is 1. The molecule has 9 nitrogen and oxygen atoms in total. The Morgan fingerprint density at radius 2 is 1.87 bits per heavy atom. The van der Waals surface area contributed by atoms with Crippen molar-refractivity contribution in [1.29, 1.82) is 0 Å². The predicted octanol–water partition coefficient (Wildman–Crippen LogP) is 3.43. The Kier molecular flexibility index (Phi) is 7.73. The minimum Gasteiger partial charge on any atom is -0.385 e. The largest absolute Gasteiger partial charge is 0.417 e. The molecule has 4 heterocycles. The third-order valence-electron chi connectivity index (χ3n) is 7.51. The number of alkyl halides is 3. The van der Waals surface area contributed by atoms with Crippen LogP contribution >= 0.6 is 0 Å². The summed E-state index contributed by atoms with van der Waals surface area (Å²) in [5.74, 6) is -0.658. The minimum absolute atomic E-state index is 0.0288. The molecule has 0 saturated carbocycles. The number of unbranched alkanes of at least 4 members (excludes halogenated alkanes) is 1. The van der Waals surface area contributed by atoms with E-state index in [4.69, 9.17) is 9.47 Å². The van der Waals surface area contributed by atoms with Gasteiger partial charge in [0, 0.05) is 58.5 Å². The van der Waals surface area contributed by atoms with Crippen LogP contribution in [0.1, 0.15) is 47.6 Å². The number of rotatable bonds is 7. The number of hydrogen-bond donors (Lipinski definition) is 1. The molecule has 12 heteroatoms. The van der Waals surface area contributed by atoms with Crippen molar-refractivity contribution < 1.29 is 27.4 Å². The first-order valence-electron chi connectivity index (χ1n) is 13.0. The third-order valence-corrected chi connectivity index (χ3v) is 7.51. The molecule has 3 aromatic rings. The number of H-pyrrole nitrogens is 1. The van der Waals surface area contributed by atoms with E-state index in [-0.39, 0.29) is 16.9 Å². The standard InChI is InChI=1S/C26H32F3N5O4/c1-37-11-3-2-6-32-7-9-33(10-8-32)25(36)18-14-19-22(15-21(18)26(27,28)29)31-24(35)20-16-30-34(23(19)20)17-4-12-38-13-5-17/h14-17H,2-13H2,1H3,(H,31,35). The number of ether oxygens (including phenoxy) is 2. The van der Waals surface area contributed by atoms with Gasteiger partial charge in [0.05, 0.1) is 39.8 Å². The summed E-state index contributed by atoms with van der Waals surface area (Å²) < 4.78 is 54.8. The topological polar surface area (TPSA) is 92.7 Å². The second-order valence-corrected chi connectivity index (χ2v) is 9.92. The van der Waals surface area contributed by atoms with Crippen molar-refractivity contribution >= 4 is 27.7 Å². The Morgan fingerprint density at radius 3 is 2.55 bits per heavy atom. The van der Waals surface area contributed by atoms with Crippen molar-refractivity contribution in [2.75, 3.05) is 59.7 Å². The number of amides is 1. The van der Waals surface area contributed by atoms with Gasteiger partial charge in [0.25, 0.3) is 11.5 Å². The first-order valence-corrected chi connectivity index (χ1v) is 13.0. The maximum absolute atomic E-state index is 14.2. The van der Waals surface area contributed by atoms with Crippen LogP contribution < -0.4 is 5.56 Å². The summed E-state index contributed by atoms with van der Waals surface area (Å²) in [5, 5.41) is 5.07. The van der Waals surface area contributed by atoms with Gasteiger partial charge in [-0.1, -0.05) is 0 Å². The number of benzene rings is 1. The van der Waals surface area contributed by atoms with Crippen molar-refractivity contribution in [2.45, 2.75) is 37.9 Å². The molecule has 38 heavy (non-hydrogen) atoms. The molecule has 2 saturated heterocycles. The van der Waals surface area contributed by atoms with E-state index >= 15 is 0 Å². The molecule has 0 aliphatic carbocycles. The highest BCUT2D eigenvalue weighted by molar-refractivity contribution is 6.08. The summed E-state index contributed by atoms with van der Waals surface area (Å²) in [5.41, 5.74) is -1.50. The fraction of sp³-hybridized carbons (Fsp3) is 0.577. The number of nitrogens with one attached hydrogen (secondary N) is 1. The van der Waals surface area contributed by atoms with Crippen molar-refractivity contribution in [3.8, 4) is 0 Å². The van der Waals surface area contributed by atoms with E-state index in [9.17, 15) is 22.8 Å². The SMILES string of the molecule is COCCCCN1CCN(C(=O)c2cc3c(cc2C(F)(F)F)[nH]c(=O)c2cnn(C4CCOCC4)c23)CC1. The molecule has 1 aromatic carbocycles. The first-order chi connectivity index (χ1) is 18.3. The minimum atomic E-state index is -4.77. The number of methoxy groups -OCH3 is 1. The number of fused-ring (bicyclic) bond motifs is 3. The Labute approximate surface area is 217 Å². The van der Waals surface area contributed by atoms with E-state index in [0.29, 0.717) is 69.7 Å². The van der Waals surface area contributed by atoms with Crippen LogP contribution in [0, 0.1) is 0 Å². The highest BCUT2D eigenvalue weighted by Gasteiger charge is 2.38. The summed E-state index contributed by atoms with van der Waals surface area (Å²) in [6, 6.07) is 2.12. The van der Waals surface area contributed by atoms with Gasteiger partial charge >= 0.3 is 6.18 Å². The zero-order chi connectivity index (χ0) is 26.9. The number of aromatic amines is 1. The highest BCUT2D eigenvalue weighted by atomic mass is 19.4. The van der Waals surface area contributed by atoms with E-state index < -0.39 is 28.8 Å². The normalized spacial score (nSPS) is 18.1. The number of carbonyl (C=O) groups excluding carboxylic acids is 1. The second kappa shape index (κ2) is 11.0. The number of carbonyl (C=O) groups is 1. The maximum atomic E-state index is 14.2. The van der Waals surface area contributed by atoms with Gasteiger partial charge in [-0.2, -0.15) is 18.3 Å². The number of aromatic nitrogens is 3. The van der Waals surface area contributed by atoms with Gasteiger partial charge in [-0.3, -0.25) is 19.2 Å². The van der Waals surface area contributed by atoms with Crippen LogP contribution in [-0.2, 0) is 15.7 Å². The van der Waals surface area contributed by atoms with Crippen LogP contribution in [0.4, 0.5) is 13.2 Å². The molecule has 0 radical (unpaired) electrons. The van der Waals surface area contributed by atoms with E-state index in [1.54, 1.807) is 11.8 Å². The molecule has 1 N–H and O–H groups in total. The second-order valence-electron chi connectivity index (χ2n) is 9.92. The monoisotopic (exact) mass is 535 g/mol. The number of pyridine rings is 1. The average molecular weight is 536 g/mol. The fourth-order valence-electron chi connectivity index (χ4n) is 5.43. The molecule has 2 fully saturated rings. The molecule has 0 bridgehead atoms. The molecule has 206 valence electrons. The quantitative estimate of drug-likeness (QED) is 0.466.